The average molecular weight is 510 g/mol. The van der Waals surface area contributed by atoms with Crippen LogP contribution in [0.25, 0.3) is 0 Å². The van der Waals surface area contributed by atoms with Gasteiger partial charge in [-0.05, 0) is 63.1 Å². The Labute approximate surface area is 221 Å². The third-order valence-corrected chi connectivity index (χ3v) is 8.13. The normalized spacial score (nSPS) is 20.9. The summed E-state index contributed by atoms with van der Waals surface area (Å²) in [6.07, 6.45) is 3.80. The first-order valence-corrected chi connectivity index (χ1v) is 13.7. The Bertz CT molecular complexity index is 1070. The van der Waals surface area contributed by atoms with E-state index in [9.17, 15) is 9.59 Å². The highest BCUT2D eigenvalue weighted by molar-refractivity contribution is 6.00. The second kappa shape index (κ2) is 11.3. The minimum atomic E-state index is -0.777. The summed E-state index contributed by atoms with van der Waals surface area (Å²) in [4.78, 5) is 31.7. The number of ether oxygens (including phenoxy) is 1. The van der Waals surface area contributed by atoms with E-state index in [1.54, 1.807) is 7.11 Å². The van der Waals surface area contributed by atoms with Crippen molar-refractivity contribution in [2.75, 3.05) is 26.7 Å². The van der Waals surface area contributed by atoms with Crippen LogP contribution in [0, 0.1) is 19.8 Å². The van der Waals surface area contributed by atoms with Crippen molar-refractivity contribution in [3.8, 4) is 5.75 Å². The van der Waals surface area contributed by atoms with Gasteiger partial charge in [0.25, 0.3) is 0 Å². The Morgan fingerprint density at radius 2 is 1.81 bits per heavy atom. The monoisotopic (exact) mass is 509 g/mol. The van der Waals surface area contributed by atoms with Gasteiger partial charge in [0.1, 0.15) is 17.3 Å². The zero-order valence-electron chi connectivity index (χ0n) is 23.3. The van der Waals surface area contributed by atoms with Crippen molar-refractivity contribution >= 4 is 11.8 Å². The number of benzene rings is 1. The SMILES string of the molecule is CCCCN1C(=O)[C@H](CC(C)C)NC(=O)C12CCN(C(c1ccc(OC)cc1)c1c(C)n[nH]c1C)CC2. The van der Waals surface area contributed by atoms with E-state index in [1.807, 2.05) is 24.0 Å². The fraction of sp³-hybridized carbons (Fsp3) is 0.621. The van der Waals surface area contributed by atoms with Crippen molar-refractivity contribution in [1.82, 2.24) is 25.3 Å². The number of nitrogens with zero attached hydrogens (tertiary/aromatic N) is 3. The Kier molecular flexibility index (Phi) is 8.26. The number of unbranched alkanes of at least 4 members (excludes halogenated alkanes) is 1. The number of aromatic nitrogens is 2. The molecule has 37 heavy (non-hydrogen) atoms. The van der Waals surface area contributed by atoms with Crippen LogP contribution in [0.5, 0.6) is 5.75 Å². The smallest absolute Gasteiger partial charge is 0.246 e. The molecule has 2 N–H and O–H groups in total. The fourth-order valence-electron chi connectivity index (χ4n) is 6.11. The standard InChI is InChI=1S/C29H43N5O3/c1-7-8-15-34-27(35)24(18-19(2)3)30-28(36)29(34)13-16-33(17-14-29)26(25-20(4)31-32-21(25)5)22-9-11-23(37-6)12-10-22/h9-12,19,24,26H,7-8,13-18H2,1-6H3,(H,30,36)(H,31,32)/t24-,26?/m0/s1. The summed E-state index contributed by atoms with van der Waals surface area (Å²) < 4.78 is 5.39. The number of H-pyrrole nitrogens is 1. The second-order valence-corrected chi connectivity index (χ2v) is 11.1. The lowest BCUT2D eigenvalue weighted by atomic mass is 9.79. The largest absolute Gasteiger partial charge is 0.497 e. The van der Waals surface area contributed by atoms with Crippen LogP contribution in [0.2, 0.25) is 0 Å². The maximum Gasteiger partial charge on any atom is 0.246 e. The fourth-order valence-corrected chi connectivity index (χ4v) is 6.11. The lowest BCUT2D eigenvalue weighted by Gasteiger charge is -2.52. The molecule has 0 bridgehead atoms. The molecule has 2 saturated heterocycles. The molecule has 4 rings (SSSR count). The summed E-state index contributed by atoms with van der Waals surface area (Å²) in [5, 5.41) is 10.8. The van der Waals surface area contributed by atoms with Crippen LogP contribution >= 0.6 is 0 Å². The highest BCUT2D eigenvalue weighted by Crippen LogP contribution is 2.40. The van der Waals surface area contributed by atoms with Crippen LogP contribution in [-0.4, -0.2) is 70.1 Å². The Balaban J connectivity index is 1.63. The molecule has 2 aliphatic heterocycles. The predicted molar refractivity (Wildman–Crippen MR) is 144 cm³/mol. The number of piperazine rings is 1. The number of nitrogens with one attached hydrogen (secondary N) is 2. The van der Waals surface area contributed by atoms with Gasteiger partial charge in [0.2, 0.25) is 11.8 Å². The summed E-state index contributed by atoms with van der Waals surface area (Å²) in [6, 6.07) is 7.79. The Hall–Kier alpha value is -2.87. The third-order valence-electron chi connectivity index (χ3n) is 8.13. The molecular weight excluding hydrogens is 466 g/mol. The molecule has 1 unspecified atom stereocenters. The first kappa shape index (κ1) is 27.2. The van der Waals surface area contributed by atoms with Crippen LogP contribution in [-0.2, 0) is 9.59 Å². The number of rotatable bonds is 9. The molecule has 2 aliphatic rings. The minimum absolute atomic E-state index is 0.00198. The number of carbonyl (C=O) groups is 2. The number of aryl methyl sites for hydroxylation is 2. The maximum atomic E-state index is 13.7. The number of hydrogen-bond acceptors (Lipinski definition) is 5. The van der Waals surface area contributed by atoms with Crippen LogP contribution in [0.15, 0.2) is 24.3 Å². The summed E-state index contributed by atoms with van der Waals surface area (Å²) in [5.74, 6) is 1.26. The number of carbonyl (C=O) groups excluding carboxylic acids is 2. The van der Waals surface area contributed by atoms with Gasteiger partial charge in [-0.15, -0.1) is 0 Å². The van der Waals surface area contributed by atoms with Gasteiger partial charge in [0, 0.05) is 30.9 Å². The van der Waals surface area contributed by atoms with E-state index in [4.69, 9.17) is 4.74 Å². The molecule has 2 amide bonds. The predicted octanol–water partition coefficient (Wildman–Crippen LogP) is 4.13. The highest BCUT2D eigenvalue weighted by Gasteiger charge is 2.54. The van der Waals surface area contributed by atoms with Gasteiger partial charge in [-0.2, -0.15) is 5.10 Å². The van der Waals surface area contributed by atoms with E-state index in [0.29, 0.717) is 44.8 Å². The van der Waals surface area contributed by atoms with Gasteiger partial charge in [-0.3, -0.25) is 19.6 Å². The number of amides is 2. The number of piperidine rings is 1. The molecule has 0 aliphatic carbocycles. The molecule has 2 aromatic rings. The quantitative estimate of drug-likeness (QED) is 0.530. The van der Waals surface area contributed by atoms with Gasteiger partial charge < -0.3 is 15.0 Å². The molecule has 1 spiro atoms. The summed E-state index contributed by atoms with van der Waals surface area (Å²) >= 11 is 0. The summed E-state index contributed by atoms with van der Waals surface area (Å²) in [6.45, 7) is 12.5. The van der Waals surface area contributed by atoms with Crippen molar-refractivity contribution in [1.29, 1.82) is 0 Å². The molecule has 8 nitrogen and oxygen atoms in total. The topological polar surface area (TPSA) is 90.6 Å². The zero-order chi connectivity index (χ0) is 26.7. The van der Waals surface area contributed by atoms with E-state index < -0.39 is 11.6 Å². The highest BCUT2D eigenvalue weighted by atomic mass is 16.5. The Morgan fingerprint density at radius 1 is 1.14 bits per heavy atom. The van der Waals surface area contributed by atoms with Crippen molar-refractivity contribution in [2.45, 2.75) is 84.3 Å². The van der Waals surface area contributed by atoms with Gasteiger partial charge in [-0.25, -0.2) is 0 Å². The number of hydrogen-bond donors (Lipinski definition) is 2. The van der Waals surface area contributed by atoms with Crippen LogP contribution in [0.1, 0.15) is 81.4 Å². The first-order valence-electron chi connectivity index (χ1n) is 13.7. The molecule has 0 saturated carbocycles. The molecule has 2 atom stereocenters. The zero-order valence-corrected chi connectivity index (χ0v) is 23.3. The maximum absolute atomic E-state index is 13.7. The van der Waals surface area contributed by atoms with E-state index in [0.717, 1.165) is 35.5 Å². The molecule has 1 aromatic carbocycles. The van der Waals surface area contributed by atoms with Gasteiger partial charge in [-0.1, -0.05) is 39.3 Å². The number of aromatic amines is 1. The van der Waals surface area contributed by atoms with Crippen molar-refractivity contribution in [3.05, 3.63) is 46.8 Å². The molecule has 2 fully saturated rings. The van der Waals surface area contributed by atoms with Crippen LogP contribution in [0.4, 0.5) is 0 Å². The van der Waals surface area contributed by atoms with E-state index in [-0.39, 0.29) is 17.9 Å². The first-order chi connectivity index (χ1) is 17.7. The Morgan fingerprint density at radius 3 is 2.35 bits per heavy atom. The minimum Gasteiger partial charge on any atom is -0.497 e. The van der Waals surface area contributed by atoms with Crippen LogP contribution < -0.4 is 10.1 Å². The number of methoxy groups -OCH3 is 1. The van der Waals surface area contributed by atoms with Crippen LogP contribution in [0.3, 0.4) is 0 Å². The lowest BCUT2D eigenvalue weighted by Crippen LogP contribution is -2.73. The van der Waals surface area contributed by atoms with E-state index in [2.05, 4.69) is 60.2 Å². The molecular formula is C29H43N5O3. The number of likely N-dealkylation sites (tertiary alicyclic amines) is 1. The molecule has 0 radical (unpaired) electrons. The molecule has 8 heteroatoms. The van der Waals surface area contributed by atoms with Crippen molar-refractivity contribution in [2.24, 2.45) is 5.92 Å². The molecule has 202 valence electrons. The van der Waals surface area contributed by atoms with Gasteiger partial charge >= 0.3 is 0 Å². The van der Waals surface area contributed by atoms with Crippen molar-refractivity contribution in [3.63, 3.8) is 0 Å². The third kappa shape index (κ3) is 5.26. The second-order valence-electron chi connectivity index (χ2n) is 11.1. The summed E-state index contributed by atoms with van der Waals surface area (Å²) in [5.41, 5.74) is 3.58. The van der Waals surface area contributed by atoms with E-state index >= 15 is 0 Å². The van der Waals surface area contributed by atoms with Gasteiger partial charge in [0.15, 0.2) is 0 Å². The summed E-state index contributed by atoms with van der Waals surface area (Å²) in [7, 11) is 1.67. The van der Waals surface area contributed by atoms with E-state index in [1.165, 1.54) is 5.56 Å². The average Bonchev–Trinajstić information content (AvgIpc) is 3.21. The van der Waals surface area contributed by atoms with Gasteiger partial charge in [0.05, 0.1) is 18.8 Å². The lowest BCUT2D eigenvalue weighted by molar-refractivity contribution is -0.162. The van der Waals surface area contributed by atoms with Crippen molar-refractivity contribution < 1.29 is 14.3 Å². The molecule has 3 heterocycles. The molecule has 1 aromatic heterocycles.